The number of hydrogen-bond donors (Lipinski definition) is 1. The van der Waals surface area contributed by atoms with Crippen LogP contribution in [0.25, 0.3) is 0 Å². The number of aromatic nitrogens is 2. The number of alkyl halides is 3. The maximum absolute atomic E-state index is 12.7. The van der Waals surface area contributed by atoms with E-state index in [1.165, 1.54) is 11.8 Å². The van der Waals surface area contributed by atoms with E-state index in [2.05, 4.69) is 15.3 Å². The minimum Gasteiger partial charge on any atom is -0.354 e. The smallest absolute Gasteiger partial charge is 0.354 e. The van der Waals surface area contributed by atoms with Gasteiger partial charge in [0.25, 0.3) is 0 Å². The Morgan fingerprint density at radius 3 is 2.50 bits per heavy atom. The quantitative estimate of drug-likeness (QED) is 0.659. The fourth-order valence-electron chi connectivity index (χ4n) is 1.13. The number of anilines is 1. The Morgan fingerprint density at radius 2 is 2.00 bits per heavy atom. The van der Waals surface area contributed by atoms with Crippen LogP contribution in [0, 0.1) is 5.92 Å². The number of hydrogen-bond acceptors (Lipinski definition) is 4. The maximum Gasteiger partial charge on any atom is 0.433 e. The lowest BCUT2D eigenvalue weighted by Crippen LogP contribution is -2.12. The largest absolute Gasteiger partial charge is 0.433 e. The molecule has 0 aromatic carbocycles. The van der Waals surface area contributed by atoms with Gasteiger partial charge in [0, 0.05) is 18.4 Å². The van der Waals surface area contributed by atoms with E-state index >= 15 is 0 Å². The second-order valence-corrected chi connectivity index (χ2v) is 5.19. The van der Waals surface area contributed by atoms with E-state index in [4.69, 9.17) is 0 Å². The van der Waals surface area contributed by atoms with E-state index in [1.807, 2.05) is 13.8 Å². The normalized spacial score (nSPS) is 11.9. The van der Waals surface area contributed by atoms with Crippen molar-refractivity contribution in [2.45, 2.75) is 32.0 Å². The number of nitrogens with zero attached hydrogens (tertiary/aromatic N) is 2. The molecule has 1 aromatic rings. The lowest BCUT2D eigenvalue weighted by molar-refractivity contribution is -0.141. The van der Waals surface area contributed by atoms with Crippen LogP contribution in [0.3, 0.4) is 0 Å². The monoisotopic (exact) mass is 279 g/mol. The zero-order chi connectivity index (χ0) is 13.8. The summed E-state index contributed by atoms with van der Waals surface area (Å²) >= 11 is 1.31. The Hall–Kier alpha value is -0.980. The summed E-state index contributed by atoms with van der Waals surface area (Å²) < 4.78 is 38.0. The van der Waals surface area contributed by atoms with E-state index in [-0.39, 0.29) is 5.95 Å². The predicted molar refractivity (Wildman–Crippen MR) is 66.8 cm³/mol. The number of halogens is 3. The molecule has 0 bridgehead atoms. The van der Waals surface area contributed by atoms with Crippen molar-refractivity contribution >= 4 is 17.7 Å². The predicted octanol–water partition coefficient (Wildman–Crippen LogP) is 3.68. The highest BCUT2D eigenvalue weighted by Crippen LogP contribution is 2.31. The first-order chi connectivity index (χ1) is 8.32. The summed E-state index contributed by atoms with van der Waals surface area (Å²) in [5, 5.41) is 3.06. The summed E-state index contributed by atoms with van der Waals surface area (Å²) in [6.07, 6.45) is -4.44. The topological polar surface area (TPSA) is 37.8 Å². The van der Waals surface area contributed by atoms with Crippen LogP contribution in [0.4, 0.5) is 19.1 Å². The first-order valence-corrected chi connectivity index (χ1v) is 6.64. The molecule has 0 amide bonds. The summed E-state index contributed by atoms with van der Waals surface area (Å²) in [7, 11) is 0. The van der Waals surface area contributed by atoms with Crippen molar-refractivity contribution in [3.05, 3.63) is 11.8 Å². The molecule has 102 valence electrons. The van der Waals surface area contributed by atoms with Crippen molar-refractivity contribution in [1.29, 1.82) is 0 Å². The molecule has 3 nitrogen and oxygen atoms in total. The van der Waals surface area contributed by atoms with Crippen molar-refractivity contribution < 1.29 is 13.2 Å². The van der Waals surface area contributed by atoms with Crippen LogP contribution in [-0.4, -0.2) is 22.3 Å². The highest BCUT2D eigenvalue weighted by Gasteiger charge is 2.33. The average Bonchev–Trinajstić information content (AvgIpc) is 2.25. The third-order valence-corrected chi connectivity index (χ3v) is 3.23. The standard InChI is InChI=1S/C11H16F3N3S/c1-4-15-10-16-8(11(12,13)14)5-9(17-10)18-6-7(2)3/h5,7H,4,6H2,1-3H3,(H,15,16,17). The molecule has 18 heavy (non-hydrogen) atoms. The van der Waals surface area contributed by atoms with Crippen LogP contribution in [-0.2, 0) is 6.18 Å². The Kier molecular flexibility index (Phi) is 5.25. The molecule has 0 aliphatic heterocycles. The third kappa shape index (κ3) is 4.72. The maximum atomic E-state index is 12.7. The van der Waals surface area contributed by atoms with Gasteiger partial charge in [-0.15, -0.1) is 11.8 Å². The molecule has 0 atom stereocenters. The first-order valence-electron chi connectivity index (χ1n) is 5.66. The van der Waals surface area contributed by atoms with Crippen LogP contribution in [0.2, 0.25) is 0 Å². The van der Waals surface area contributed by atoms with Gasteiger partial charge >= 0.3 is 6.18 Å². The molecular weight excluding hydrogens is 263 g/mol. The van der Waals surface area contributed by atoms with Crippen molar-refractivity contribution in [2.24, 2.45) is 5.92 Å². The molecular formula is C11H16F3N3S. The van der Waals surface area contributed by atoms with E-state index in [1.54, 1.807) is 6.92 Å². The van der Waals surface area contributed by atoms with Crippen LogP contribution in [0.5, 0.6) is 0 Å². The molecule has 1 heterocycles. The Labute approximate surface area is 109 Å². The molecule has 1 rings (SSSR count). The Bertz CT molecular complexity index is 394. The molecule has 1 N–H and O–H groups in total. The first kappa shape index (κ1) is 15.1. The summed E-state index contributed by atoms with van der Waals surface area (Å²) in [5.74, 6) is 1.14. The summed E-state index contributed by atoms with van der Waals surface area (Å²) in [4.78, 5) is 7.51. The lowest BCUT2D eigenvalue weighted by Gasteiger charge is -2.11. The van der Waals surface area contributed by atoms with Crippen molar-refractivity contribution in [3.63, 3.8) is 0 Å². The van der Waals surface area contributed by atoms with E-state index in [9.17, 15) is 13.2 Å². The molecule has 0 saturated carbocycles. The summed E-state index contributed by atoms with van der Waals surface area (Å²) in [6.45, 7) is 6.27. The van der Waals surface area contributed by atoms with Gasteiger partial charge in [-0.3, -0.25) is 0 Å². The van der Waals surface area contributed by atoms with Gasteiger partial charge in [0.2, 0.25) is 5.95 Å². The molecule has 0 radical (unpaired) electrons. The van der Waals surface area contributed by atoms with E-state index < -0.39 is 11.9 Å². The Balaban J connectivity index is 2.98. The second kappa shape index (κ2) is 6.26. The van der Waals surface area contributed by atoms with Crippen LogP contribution < -0.4 is 5.32 Å². The molecule has 1 aromatic heterocycles. The highest BCUT2D eigenvalue weighted by molar-refractivity contribution is 7.99. The number of thioether (sulfide) groups is 1. The number of nitrogens with one attached hydrogen (secondary N) is 1. The average molecular weight is 279 g/mol. The van der Waals surface area contributed by atoms with Crippen molar-refractivity contribution in [1.82, 2.24) is 9.97 Å². The molecule has 7 heteroatoms. The van der Waals surface area contributed by atoms with Crippen molar-refractivity contribution in [2.75, 3.05) is 17.6 Å². The van der Waals surface area contributed by atoms with Gasteiger partial charge in [0.05, 0.1) is 0 Å². The Morgan fingerprint density at radius 1 is 1.33 bits per heavy atom. The summed E-state index contributed by atoms with van der Waals surface area (Å²) in [5.41, 5.74) is -0.903. The zero-order valence-corrected chi connectivity index (χ0v) is 11.3. The fraction of sp³-hybridized carbons (Fsp3) is 0.636. The van der Waals surface area contributed by atoms with Gasteiger partial charge in [0.1, 0.15) is 5.03 Å². The van der Waals surface area contributed by atoms with E-state index in [0.717, 1.165) is 11.8 Å². The molecule has 0 saturated heterocycles. The van der Waals surface area contributed by atoms with E-state index in [0.29, 0.717) is 17.5 Å². The lowest BCUT2D eigenvalue weighted by atomic mass is 10.3. The second-order valence-electron chi connectivity index (χ2n) is 4.15. The van der Waals surface area contributed by atoms with Crippen LogP contribution >= 0.6 is 11.8 Å². The fourth-order valence-corrected chi connectivity index (χ4v) is 1.98. The van der Waals surface area contributed by atoms with Crippen molar-refractivity contribution in [3.8, 4) is 0 Å². The molecule has 0 aliphatic rings. The van der Waals surface area contributed by atoms with Gasteiger partial charge in [-0.25, -0.2) is 9.97 Å². The minimum absolute atomic E-state index is 0.0265. The summed E-state index contributed by atoms with van der Waals surface area (Å²) in [6, 6.07) is 0.994. The van der Waals surface area contributed by atoms with Gasteiger partial charge in [-0.2, -0.15) is 13.2 Å². The van der Waals surface area contributed by atoms with Crippen LogP contribution in [0.1, 0.15) is 26.5 Å². The minimum atomic E-state index is -4.44. The van der Waals surface area contributed by atoms with Gasteiger partial charge in [-0.05, 0) is 12.8 Å². The zero-order valence-electron chi connectivity index (χ0n) is 10.5. The van der Waals surface area contributed by atoms with Gasteiger partial charge in [-0.1, -0.05) is 13.8 Å². The molecule has 0 unspecified atom stereocenters. The third-order valence-electron chi connectivity index (χ3n) is 1.89. The van der Waals surface area contributed by atoms with Gasteiger partial charge < -0.3 is 5.32 Å². The molecule has 0 fully saturated rings. The molecule has 0 spiro atoms. The number of rotatable bonds is 5. The highest BCUT2D eigenvalue weighted by atomic mass is 32.2. The van der Waals surface area contributed by atoms with Crippen LogP contribution in [0.15, 0.2) is 11.1 Å². The van der Waals surface area contributed by atoms with Gasteiger partial charge in [0.15, 0.2) is 5.69 Å². The molecule has 0 aliphatic carbocycles. The SMILES string of the molecule is CCNc1nc(SCC(C)C)cc(C(F)(F)F)n1.